The van der Waals surface area contributed by atoms with Crippen LogP contribution in [0, 0.1) is 0 Å². The van der Waals surface area contributed by atoms with Crippen LogP contribution in [0.5, 0.6) is 0 Å². The van der Waals surface area contributed by atoms with Gasteiger partial charge in [-0.2, -0.15) is 0 Å². The maximum atomic E-state index is 14.4. The van der Waals surface area contributed by atoms with Gasteiger partial charge in [0, 0.05) is 16.2 Å². The van der Waals surface area contributed by atoms with E-state index in [2.05, 4.69) is 0 Å². The standard InChI is InChI=1S/C30H32N4O6S2/c1-19(2)40-27(36)23-12-13-25-30(39)32(18-22-11-7-15-42-22)28(37)31(17-21-10-6-14-41-21)29(38)34(30)24(26(35)33(23)25)16-20-8-4-3-5-9-20/h3-11,14-15,19,23-25,39H,12-13,16-18H2,1-2H3/t23-,24+,25+,30+/m0/s1. The predicted molar refractivity (Wildman–Crippen MR) is 156 cm³/mol. The van der Waals surface area contributed by atoms with Crippen molar-refractivity contribution < 1.29 is 29.0 Å². The van der Waals surface area contributed by atoms with Crippen molar-refractivity contribution in [1.29, 1.82) is 0 Å². The van der Waals surface area contributed by atoms with Gasteiger partial charge in [-0.15, -0.1) is 22.7 Å². The molecule has 3 aliphatic rings. The molecule has 1 aromatic carbocycles. The van der Waals surface area contributed by atoms with E-state index >= 15 is 0 Å². The zero-order chi connectivity index (χ0) is 29.6. The first-order valence-corrected chi connectivity index (χ1v) is 15.7. The minimum Gasteiger partial charge on any atom is -0.461 e. The third-order valence-electron chi connectivity index (χ3n) is 8.02. The van der Waals surface area contributed by atoms with Gasteiger partial charge in [0.25, 0.3) is 0 Å². The Balaban J connectivity index is 1.48. The van der Waals surface area contributed by atoms with E-state index in [0.29, 0.717) is 0 Å². The van der Waals surface area contributed by atoms with Crippen LogP contribution in [0.3, 0.4) is 0 Å². The fourth-order valence-corrected chi connectivity index (χ4v) is 7.63. The Hall–Kier alpha value is -3.74. The van der Waals surface area contributed by atoms with Gasteiger partial charge in [-0.05, 0) is 55.1 Å². The first-order chi connectivity index (χ1) is 20.2. The molecule has 42 heavy (non-hydrogen) atoms. The van der Waals surface area contributed by atoms with E-state index in [-0.39, 0.29) is 32.4 Å². The smallest absolute Gasteiger partial charge is 0.332 e. The molecule has 4 atom stereocenters. The van der Waals surface area contributed by atoms with Crippen molar-refractivity contribution >= 4 is 46.6 Å². The second-order valence-corrected chi connectivity index (χ2v) is 13.1. The van der Waals surface area contributed by atoms with Crippen molar-refractivity contribution in [3.63, 3.8) is 0 Å². The minimum atomic E-state index is -2.19. The van der Waals surface area contributed by atoms with Gasteiger partial charge < -0.3 is 14.7 Å². The van der Waals surface area contributed by atoms with Gasteiger partial charge in [0.05, 0.1) is 19.2 Å². The third kappa shape index (κ3) is 4.77. The lowest BCUT2D eigenvalue weighted by Crippen LogP contribution is -2.85. The quantitative estimate of drug-likeness (QED) is 0.383. The highest BCUT2D eigenvalue weighted by Crippen LogP contribution is 2.46. The Morgan fingerprint density at radius 2 is 1.62 bits per heavy atom. The molecular formula is C30H32N4O6S2. The highest BCUT2D eigenvalue weighted by Gasteiger charge is 2.69. The van der Waals surface area contributed by atoms with E-state index in [9.17, 15) is 24.3 Å². The van der Waals surface area contributed by atoms with Crippen LogP contribution in [-0.2, 0) is 33.8 Å². The fourth-order valence-electron chi connectivity index (χ4n) is 6.25. The largest absolute Gasteiger partial charge is 0.461 e. The number of aliphatic hydroxyl groups is 1. The Morgan fingerprint density at radius 3 is 2.24 bits per heavy atom. The average Bonchev–Trinajstić information content (AvgIpc) is 3.75. The Kier molecular flexibility index (Phi) is 7.54. The number of carbonyl (C=O) groups is 4. The van der Waals surface area contributed by atoms with E-state index < -0.39 is 54.0 Å². The number of carbonyl (C=O) groups excluding carboxylic acids is 4. The number of hydrogen-bond acceptors (Lipinski definition) is 8. The monoisotopic (exact) mass is 608 g/mol. The van der Waals surface area contributed by atoms with Crippen LogP contribution in [0.1, 0.15) is 42.0 Å². The molecule has 5 amide bonds. The van der Waals surface area contributed by atoms with Crippen LogP contribution in [0.2, 0.25) is 0 Å². The molecule has 0 bridgehead atoms. The van der Waals surface area contributed by atoms with Crippen LogP contribution >= 0.6 is 22.7 Å². The summed E-state index contributed by atoms with van der Waals surface area (Å²) in [4.78, 5) is 62.7. The van der Waals surface area contributed by atoms with Crippen molar-refractivity contribution in [2.75, 3.05) is 0 Å². The lowest BCUT2D eigenvalue weighted by Gasteiger charge is -2.61. The molecule has 0 saturated carbocycles. The number of esters is 1. The molecule has 2 aromatic heterocycles. The molecular weight excluding hydrogens is 576 g/mol. The van der Waals surface area contributed by atoms with Crippen molar-refractivity contribution in [2.45, 2.75) is 76.3 Å². The fraction of sp³-hybridized carbons (Fsp3) is 0.400. The summed E-state index contributed by atoms with van der Waals surface area (Å²) in [6, 6.07) is 12.1. The lowest BCUT2D eigenvalue weighted by atomic mass is 9.93. The van der Waals surface area contributed by atoms with E-state index in [1.165, 1.54) is 37.4 Å². The second kappa shape index (κ2) is 11.2. The van der Waals surface area contributed by atoms with Gasteiger partial charge in [0.15, 0.2) is 0 Å². The summed E-state index contributed by atoms with van der Waals surface area (Å²) < 4.78 is 5.50. The molecule has 220 valence electrons. The number of ether oxygens (including phenoxy) is 1. The number of imide groups is 1. The van der Waals surface area contributed by atoms with Crippen molar-refractivity contribution in [2.24, 2.45) is 0 Å². The summed E-state index contributed by atoms with van der Waals surface area (Å²) in [5.74, 6) is -3.20. The number of amides is 5. The summed E-state index contributed by atoms with van der Waals surface area (Å²) in [7, 11) is 0. The molecule has 0 spiro atoms. The van der Waals surface area contributed by atoms with Gasteiger partial charge in [-0.3, -0.25) is 14.6 Å². The summed E-state index contributed by atoms with van der Waals surface area (Å²) in [5.41, 5.74) is 0.775. The van der Waals surface area contributed by atoms with E-state index in [1.54, 1.807) is 13.8 Å². The molecule has 5 heterocycles. The highest BCUT2D eigenvalue weighted by molar-refractivity contribution is 7.10. The molecule has 6 rings (SSSR count). The molecule has 10 nitrogen and oxygen atoms in total. The normalized spacial score (nSPS) is 25.7. The van der Waals surface area contributed by atoms with Crippen LogP contribution in [0.25, 0.3) is 0 Å². The van der Waals surface area contributed by atoms with Crippen molar-refractivity contribution in [1.82, 2.24) is 19.6 Å². The molecule has 12 heteroatoms. The summed E-state index contributed by atoms with van der Waals surface area (Å²) in [5, 5.41) is 16.5. The maximum Gasteiger partial charge on any atom is 0.332 e. The molecule has 0 unspecified atom stereocenters. The molecule has 0 aliphatic carbocycles. The van der Waals surface area contributed by atoms with Gasteiger partial charge in [-0.1, -0.05) is 42.5 Å². The SMILES string of the molecule is CC(C)OC(=O)[C@@H]1CC[C@H]2N1C(=O)[C@@H](Cc1ccccc1)N1C(=O)N(Cc3cccs3)C(=O)N(Cc3cccs3)[C@]21O. The summed E-state index contributed by atoms with van der Waals surface area (Å²) in [6.07, 6.45) is 0.150. The number of rotatable bonds is 8. The molecule has 1 N–H and O–H groups in total. The van der Waals surface area contributed by atoms with Gasteiger partial charge in [0.1, 0.15) is 18.1 Å². The van der Waals surface area contributed by atoms with Crippen molar-refractivity contribution in [3.8, 4) is 0 Å². The Bertz CT molecular complexity index is 1460. The molecule has 0 radical (unpaired) electrons. The van der Waals surface area contributed by atoms with Crippen molar-refractivity contribution in [3.05, 3.63) is 80.7 Å². The van der Waals surface area contributed by atoms with Crippen LogP contribution in [-0.4, -0.2) is 78.7 Å². The number of nitrogens with zero attached hydrogens (tertiary/aromatic N) is 4. The molecule has 3 aromatic rings. The van der Waals surface area contributed by atoms with Gasteiger partial charge in [0.2, 0.25) is 11.8 Å². The van der Waals surface area contributed by atoms with E-state index in [0.717, 1.165) is 20.2 Å². The van der Waals surface area contributed by atoms with Crippen LogP contribution in [0.15, 0.2) is 65.4 Å². The third-order valence-corrected chi connectivity index (χ3v) is 9.74. The van der Waals surface area contributed by atoms with Gasteiger partial charge in [-0.25, -0.2) is 19.3 Å². The first-order valence-electron chi connectivity index (χ1n) is 14.0. The van der Waals surface area contributed by atoms with Crippen LogP contribution < -0.4 is 0 Å². The zero-order valence-electron chi connectivity index (χ0n) is 23.3. The number of urea groups is 2. The summed E-state index contributed by atoms with van der Waals surface area (Å²) in [6.45, 7) is 3.50. The zero-order valence-corrected chi connectivity index (χ0v) is 24.9. The number of thiophene rings is 2. The Labute approximate surface area is 251 Å². The first kappa shape index (κ1) is 28.4. The average molecular weight is 609 g/mol. The van der Waals surface area contributed by atoms with Crippen LogP contribution in [0.4, 0.5) is 9.59 Å². The summed E-state index contributed by atoms with van der Waals surface area (Å²) >= 11 is 2.84. The number of piperazine rings is 1. The second-order valence-electron chi connectivity index (χ2n) is 11.0. The maximum absolute atomic E-state index is 14.4. The molecule has 3 aliphatic heterocycles. The van der Waals surface area contributed by atoms with E-state index in [1.807, 2.05) is 65.4 Å². The topological polar surface area (TPSA) is 111 Å². The number of benzene rings is 1. The lowest BCUT2D eigenvalue weighted by molar-refractivity contribution is -0.259. The van der Waals surface area contributed by atoms with Gasteiger partial charge >= 0.3 is 18.0 Å². The number of fused-ring (bicyclic) bond motifs is 3. The number of hydrogen-bond donors (Lipinski definition) is 1. The molecule has 3 fully saturated rings. The van der Waals surface area contributed by atoms with E-state index in [4.69, 9.17) is 4.74 Å². The highest BCUT2D eigenvalue weighted by atomic mass is 32.1. The predicted octanol–water partition coefficient (Wildman–Crippen LogP) is 4.25. The minimum absolute atomic E-state index is 0.00677. The molecule has 3 saturated heterocycles. The Morgan fingerprint density at radius 1 is 0.952 bits per heavy atom.